The first-order valence-corrected chi connectivity index (χ1v) is 8.65. The zero-order valence-electron chi connectivity index (χ0n) is 13.6. The summed E-state index contributed by atoms with van der Waals surface area (Å²) in [5, 5.41) is 0. The Morgan fingerprint density at radius 2 is 1.60 bits per heavy atom. The van der Waals surface area contributed by atoms with Crippen LogP contribution in [0.3, 0.4) is 0 Å². The second-order valence-electron chi connectivity index (χ2n) is 4.84. The molecule has 2 aromatic carbocycles. The molecular formula is C16H17F2NO5S. The van der Waals surface area contributed by atoms with E-state index in [9.17, 15) is 17.2 Å². The maximum Gasteiger partial charge on any atom is 0.243 e. The van der Waals surface area contributed by atoms with Crippen LogP contribution in [0, 0.1) is 11.6 Å². The maximum absolute atomic E-state index is 14.0. The van der Waals surface area contributed by atoms with Gasteiger partial charge in [-0.1, -0.05) is 0 Å². The molecule has 1 N–H and O–H groups in total. The molecule has 0 heterocycles. The number of nitrogens with one attached hydrogen (secondary N) is 1. The fourth-order valence-corrected chi connectivity index (χ4v) is 3.08. The van der Waals surface area contributed by atoms with Crippen LogP contribution in [-0.2, 0) is 10.0 Å². The number of ether oxygens (including phenoxy) is 3. The number of rotatable bonds is 8. The molecular weight excluding hydrogens is 356 g/mol. The van der Waals surface area contributed by atoms with Gasteiger partial charge in [0.15, 0.2) is 11.5 Å². The first kappa shape index (κ1) is 18.9. The lowest BCUT2D eigenvalue weighted by Gasteiger charge is -2.12. The third-order valence-corrected chi connectivity index (χ3v) is 4.68. The van der Waals surface area contributed by atoms with Crippen LogP contribution in [0.15, 0.2) is 41.3 Å². The fraction of sp³-hybridized carbons (Fsp3) is 0.250. The van der Waals surface area contributed by atoms with E-state index in [1.807, 2.05) is 0 Å². The molecule has 0 aliphatic rings. The normalized spacial score (nSPS) is 11.2. The zero-order chi connectivity index (χ0) is 18.4. The summed E-state index contributed by atoms with van der Waals surface area (Å²) >= 11 is 0. The van der Waals surface area contributed by atoms with Crippen molar-refractivity contribution < 1.29 is 31.4 Å². The van der Waals surface area contributed by atoms with Crippen molar-refractivity contribution in [3.05, 3.63) is 48.0 Å². The van der Waals surface area contributed by atoms with E-state index in [-0.39, 0.29) is 24.7 Å². The van der Waals surface area contributed by atoms with E-state index in [1.54, 1.807) is 0 Å². The molecule has 136 valence electrons. The van der Waals surface area contributed by atoms with Crippen LogP contribution in [0.5, 0.6) is 17.2 Å². The Bertz CT molecular complexity index is 825. The molecule has 0 aliphatic heterocycles. The highest BCUT2D eigenvalue weighted by Crippen LogP contribution is 2.31. The molecule has 0 saturated carbocycles. The number of benzene rings is 2. The SMILES string of the molecule is COc1cc(F)c(S(=O)(=O)NCCOc2ccc(F)cc2)cc1OC. The average Bonchev–Trinajstić information content (AvgIpc) is 2.59. The third kappa shape index (κ3) is 4.80. The van der Waals surface area contributed by atoms with Gasteiger partial charge < -0.3 is 14.2 Å². The van der Waals surface area contributed by atoms with Gasteiger partial charge in [0.05, 0.1) is 14.2 Å². The van der Waals surface area contributed by atoms with Crippen molar-refractivity contribution in [1.29, 1.82) is 0 Å². The quantitative estimate of drug-likeness (QED) is 0.719. The van der Waals surface area contributed by atoms with Crippen LogP contribution in [-0.4, -0.2) is 35.8 Å². The first-order valence-electron chi connectivity index (χ1n) is 7.17. The van der Waals surface area contributed by atoms with Gasteiger partial charge in [0.1, 0.15) is 28.9 Å². The summed E-state index contributed by atoms with van der Waals surface area (Å²) < 4.78 is 68.6. The smallest absolute Gasteiger partial charge is 0.243 e. The van der Waals surface area contributed by atoms with Crippen LogP contribution in [0.1, 0.15) is 0 Å². The van der Waals surface area contributed by atoms with E-state index < -0.39 is 26.6 Å². The van der Waals surface area contributed by atoms with Crippen molar-refractivity contribution in [3.8, 4) is 17.2 Å². The molecule has 2 aromatic rings. The third-order valence-electron chi connectivity index (χ3n) is 3.20. The van der Waals surface area contributed by atoms with Crippen molar-refractivity contribution in [2.24, 2.45) is 0 Å². The second-order valence-corrected chi connectivity index (χ2v) is 6.57. The highest BCUT2D eigenvalue weighted by molar-refractivity contribution is 7.89. The van der Waals surface area contributed by atoms with Crippen molar-refractivity contribution >= 4 is 10.0 Å². The molecule has 0 bridgehead atoms. The molecule has 0 aromatic heterocycles. The minimum atomic E-state index is -4.11. The molecule has 6 nitrogen and oxygen atoms in total. The Balaban J connectivity index is 2.02. The monoisotopic (exact) mass is 373 g/mol. The number of hydrogen-bond acceptors (Lipinski definition) is 5. The predicted octanol–water partition coefficient (Wildman–Crippen LogP) is 2.34. The maximum atomic E-state index is 14.0. The summed E-state index contributed by atoms with van der Waals surface area (Å²) in [5.74, 6) is -0.815. The minimum absolute atomic E-state index is 0.0141. The van der Waals surface area contributed by atoms with Gasteiger partial charge in [0, 0.05) is 18.7 Å². The topological polar surface area (TPSA) is 73.9 Å². The molecule has 0 unspecified atom stereocenters. The van der Waals surface area contributed by atoms with Gasteiger partial charge in [0.2, 0.25) is 10.0 Å². The van der Waals surface area contributed by atoms with Crippen molar-refractivity contribution in [2.75, 3.05) is 27.4 Å². The second kappa shape index (κ2) is 8.13. The number of hydrogen-bond donors (Lipinski definition) is 1. The molecule has 0 spiro atoms. The lowest BCUT2D eigenvalue weighted by Crippen LogP contribution is -2.29. The van der Waals surface area contributed by atoms with Crippen molar-refractivity contribution in [2.45, 2.75) is 4.90 Å². The average molecular weight is 373 g/mol. The van der Waals surface area contributed by atoms with Crippen LogP contribution in [0.2, 0.25) is 0 Å². The summed E-state index contributed by atoms with van der Waals surface area (Å²) in [6, 6.07) is 7.24. The highest BCUT2D eigenvalue weighted by atomic mass is 32.2. The molecule has 0 fully saturated rings. The van der Waals surface area contributed by atoms with E-state index >= 15 is 0 Å². The largest absolute Gasteiger partial charge is 0.493 e. The Morgan fingerprint density at radius 3 is 2.20 bits per heavy atom. The standard InChI is InChI=1S/C16H17F2NO5S/c1-22-14-9-13(18)16(10-15(14)23-2)25(20,21)19-7-8-24-12-5-3-11(17)4-6-12/h3-6,9-10,19H,7-8H2,1-2H3. The Labute approximate surface area is 144 Å². The predicted molar refractivity (Wildman–Crippen MR) is 86.6 cm³/mol. The molecule has 25 heavy (non-hydrogen) atoms. The molecule has 0 atom stereocenters. The molecule has 0 amide bonds. The van der Waals surface area contributed by atoms with Crippen LogP contribution in [0.25, 0.3) is 0 Å². The zero-order valence-corrected chi connectivity index (χ0v) is 14.4. The molecule has 0 radical (unpaired) electrons. The van der Waals surface area contributed by atoms with Gasteiger partial charge in [-0.05, 0) is 24.3 Å². The Hall–Kier alpha value is -2.39. The van der Waals surface area contributed by atoms with Gasteiger partial charge >= 0.3 is 0 Å². The van der Waals surface area contributed by atoms with Gasteiger partial charge in [0.25, 0.3) is 0 Å². The summed E-state index contributed by atoms with van der Waals surface area (Å²) in [6.45, 7) is -0.118. The van der Waals surface area contributed by atoms with E-state index in [0.29, 0.717) is 5.75 Å². The minimum Gasteiger partial charge on any atom is -0.493 e. The highest BCUT2D eigenvalue weighted by Gasteiger charge is 2.22. The van der Waals surface area contributed by atoms with E-state index in [2.05, 4.69) is 4.72 Å². The van der Waals surface area contributed by atoms with Gasteiger partial charge in [-0.2, -0.15) is 0 Å². The molecule has 9 heteroatoms. The number of methoxy groups -OCH3 is 2. The molecule has 0 saturated heterocycles. The lowest BCUT2D eigenvalue weighted by atomic mass is 10.3. The van der Waals surface area contributed by atoms with Crippen molar-refractivity contribution in [1.82, 2.24) is 4.72 Å². The van der Waals surface area contributed by atoms with Crippen LogP contribution >= 0.6 is 0 Å². The van der Waals surface area contributed by atoms with E-state index in [1.165, 1.54) is 38.5 Å². The van der Waals surface area contributed by atoms with Crippen LogP contribution < -0.4 is 18.9 Å². The van der Waals surface area contributed by atoms with Crippen molar-refractivity contribution in [3.63, 3.8) is 0 Å². The molecule has 2 rings (SSSR count). The Kier molecular flexibility index (Phi) is 6.16. The van der Waals surface area contributed by atoms with E-state index in [4.69, 9.17) is 14.2 Å². The van der Waals surface area contributed by atoms with E-state index in [0.717, 1.165) is 12.1 Å². The van der Waals surface area contributed by atoms with Gasteiger partial charge in [-0.15, -0.1) is 0 Å². The first-order chi connectivity index (χ1) is 11.9. The lowest BCUT2D eigenvalue weighted by molar-refractivity contribution is 0.322. The van der Waals surface area contributed by atoms with Gasteiger partial charge in [-0.3, -0.25) is 0 Å². The summed E-state index contributed by atoms with van der Waals surface area (Å²) in [4.78, 5) is -0.563. The molecule has 0 aliphatic carbocycles. The Morgan fingerprint density at radius 1 is 1.00 bits per heavy atom. The number of halogens is 2. The van der Waals surface area contributed by atoms with Gasteiger partial charge in [-0.25, -0.2) is 21.9 Å². The summed E-state index contributed by atoms with van der Waals surface area (Å²) in [6.07, 6.45) is 0. The summed E-state index contributed by atoms with van der Waals surface area (Å²) in [7, 11) is -1.48. The fourth-order valence-electron chi connectivity index (χ4n) is 1.99. The number of sulfonamides is 1. The summed E-state index contributed by atoms with van der Waals surface area (Å²) in [5.41, 5.74) is 0. The van der Waals surface area contributed by atoms with Crippen LogP contribution in [0.4, 0.5) is 8.78 Å².